The van der Waals surface area contributed by atoms with Gasteiger partial charge in [0.05, 0.1) is 36.3 Å². The SMILES string of the molecule is COC(=O)[C@]12CC(=O)[C@H](C(C)C)CC(=O)[C@H](C)CCC[C@H](C)CC(=O)[C@H]1C=C(C)C1=CC[C@](C)(O)[C@H]3CC=C(C)[C@H](CCC(C)=C[C@@H]12)O3. The van der Waals surface area contributed by atoms with E-state index in [1.165, 1.54) is 7.11 Å². The molecule has 1 saturated carbocycles. The van der Waals surface area contributed by atoms with Crippen LogP contribution in [0.5, 0.6) is 0 Å². The monoisotopic (exact) mass is 664 g/mol. The fraction of sp³-hybridized carbons (Fsp3) is 0.707. The van der Waals surface area contributed by atoms with Gasteiger partial charge in [-0.3, -0.25) is 19.2 Å². The molecule has 2 heterocycles. The Bertz CT molecular complexity index is 1380. The molecule has 0 aromatic rings. The van der Waals surface area contributed by atoms with Gasteiger partial charge < -0.3 is 14.6 Å². The van der Waals surface area contributed by atoms with Crippen LogP contribution in [0.1, 0.15) is 120 Å². The number of aliphatic hydroxyl groups is 1. The summed E-state index contributed by atoms with van der Waals surface area (Å²) in [4.78, 5) is 57.2. The van der Waals surface area contributed by atoms with E-state index in [-0.39, 0.29) is 66.9 Å². The molecule has 0 spiro atoms. The topological polar surface area (TPSA) is 107 Å². The van der Waals surface area contributed by atoms with Gasteiger partial charge in [0.2, 0.25) is 0 Å². The van der Waals surface area contributed by atoms with Gasteiger partial charge in [-0.15, -0.1) is 0 Å². The van der Waals surface area contributed by atoms with Crippen molar-refractivity contribution < 1.29 is 33.8 Å². The fourth-order valence-corrected chi connectivity index (χ4v) is 8.57. The lowest BCUT2D eigenvalue weighted by Crippen LogP contribution is -2.53. The average Bonchev–Trinajstić information content (AvgIpc) is 3.01. The number of ether oxygens (including phenoxy) is 2. The first-order chi connectivity index (χ1) is 22.5. The van der Waals surface area contributed by atoms with Crippen molar-refractivity contribution in [2.24, 2.45) is 40.9 Å². The lowest BCUT2D eigenvalue weighted by Gasteiger charge is -2.47. The molecular weight excluding hydrogens is 604 g/mol. The molecule has 2 aliphatic heterocycles. The number of allylic oxidation sites excluding steroid dienone is 5. The van der Waals surface area contributed by atoms with Gasteiger partial charge in [0, 0.05) is 37.0 Å². The van der Waals surface area contributed by atoms with E-state index in [1.807, 2.05) is 46.8 Å². The van der Waals surface area contributed by atoms with Crippen LogP contribution in [0.4, 0.5) is 0 Å². The van der Waals surface area contributed by atoms with Crippen LogP contribution in [0.2, 0.25) is 0 Å². The first-order valence-electron chi connectivity index (χ1n) is 18.3. The van der Waals surface area contributed by atoms with Gasteiger partial charge in [0.1, 0.15) is 17.3 Å². The third kappa shape index (κ3) is 8.04. The van der Waals surface area contributed by atoms with E-state index in [0.29, 0.717) is 19.3 Å². The number of esters is 1. The van der Waals surface area contributed by atoms with Crippen LogP contribution in [-0.4, -0.2) is 53.3 Å². The normalized spacial score (nSPS) is 37.7. The third-order valence-electron chi connectivity index (χ3n) is 11.9. The van der Waals surface area contributed by atoms with Gasteiger partial charge in [0.15, 0.2) is 0 Å². The highest BCUT2D eigenvalue weighted by Crippen LogP contribution is 2.54. The summed E-state index contributed by atoms with van der Waals surface area (Å²) in [5.41, 5.74) is 1.12. The summed E-state index contributed by atoms with van der Waals surface area (Å²) in [5.74, 6) is -3.10. The number of methoxy groups -OCH3 is 1. The van der Waals surface area contributed by atoms with Crippen molar-refractivity contribution in [1.82, 2.24) is 0 Å². The molecule has 0 radical (unpaired) electrons. The molecule has 0 aromatic carbocycles. The number of carbonyl (C=O) groups excluding carboxylic acids is 4. The van der Waals surface area contributed by atoms with Crippen LogP contribution in [0.15, 0.2) is 46.6 Å². The second-order valence-corrected chi connectivity index (χ2v) is 16.2. The molecule has 0 unspecified atom stereocenters. The summed E-state index contributed by atoms with van der Waals surface area (Å²) in [6.45, 7) is 15.8. The summed E-state index contributed by atoms with van der Waals surface area (Å²) in [5, 5.41) is 11.8. The first-order valence-corrected chi connectivity index (χ1v) is 18.3. The van der Waals surface area contributed by atoms with Crippen LogP contribution < -0.4 is 0 Å². The van der Waals surface area contributed by atoms with Crippen LogP contribution in [0.25, 0.3) is 0 Å². The Morgan fingerprint density at radius 1 is 0.958 bits per heavy atom. The van der Waals surface area contributed by atoms with Gasteiger partial charge in [-0.1, -0.05) is 76.0 Å². The van der Waals surface area contributed by atoms with Gasteiger partial charge >= 0.3 is 5.97 Å². The summed E-state index contributed by atoms with van der Waals surface area (Å²) < 4.78 is 12.1. The van der Waals surface area contributed by atoms with E-state index in [4.69, 9.17) is 9.47 Å². The van der Waals surface area contributed by atoms with Gasteiger partial charge in [-0.25, -0.2) is 0 Å². The van der Waals surface area contributed by atoms with Crippen LogP contribution >= 0.6 is 0 Å². The Balaban J connectivity index is 1.97. The largest absolute Gasteiger partial charge is 0.469 e. The van der Waals surface area contributed by atoms with Crippen LogP contribution in [0.3, 0.4) is 0 Å². The molecule has 0 aromatic heterocycles. The molecule has 48 heavy (non-hydrogen) atoms. The maximum atomic E-state index is 14.6. The average molecular weight is 665 g/mol. The lowest BCUT2D eigenvalue weighted by atomic mass is 9.54. The maximum absolute atomic E-state index is 14.6. The zero-order valence-electron chi connectivity index (χ0n) is 30.9. The Labute approximate surface area is 288 Å². The highest BCUT2D eigenvalue weighted by molar-refractivity contribution is 5.98. The molecular formula is C41H60O7. The van der Waals surface area contributed by atoms with Crippen molar-refractivity contribution in [2.75, 3.05) is 7.11 Å². The van der Waals surface area contributed by atoms with Gasteiger partial charge in [0.25, 0.3) is 0 Å². The minimum absolute atomic E-state index is 0.0576. The second kappa shape index (κ2) is 15.5. The molecule has 2 aliphatic carbocycles. The number of carbonyl (C=O) groups is 4. The quantitative estimate of drug-likeness (QED) is 0.237. The highest BCUT2D eigenvalue weighted by atomic mass is 16.5. The van der Waals surface area contributed by atoms with Crippen molar-refractivity contribution in [3.8, 4) is 0 Å². The van der Waals surface area contributed by atoms with E-state index >= 15 is 0 Å². The predicted octanol–water partition coefficient (Wildman–Crippen LogP) is 7.86. The Kier molecular flexibility index (Phi) is 12.3. The Morgan fingerprint density at radius 2 is 1.67 bits per heavy atom. The summed E-state index contributed by atoms with van der Waals surface area (Å²) in [6.07, 6.45) is 12.4. The van der Waals surface area contributed by atoms with E-state index in [0.717, 1.165) is 41.6 Å². The minimum Gasteiger partial charge on any atom is -0.469 e. The molecule has 0 saturated heterocycles. The smallest absolute Gasteiger partial charge is 0.314 e. The van der Waals surface area contributed by atoms with Crippen molar-refractivity contribution in [1.29, 1.82) is 0 Å². The maximum Gasteiger partial charge on any atom is 0.314 e. The minimum atomic E-state index is -1.54. The van der Waals surface area contributed by atoms with Crippen molar-refractivity contribution >= 4 is 23.3 Å². The zero-order chi connectivity index (χ0) is 35.6. The first kappa shape index (κ1) is 38.2. The van der Waals surface area contributed by atoms with Crippen molar-refractivity contribution in [3.05, 3.63) is 46.6 Å². The zero-order valence-corrected chi connectivity index (χ0v) is 30.9. The molecule has 4 rings (SSSR count). The second-order valence-electron chi connectivity index (χ2n) is 16.2. The summed E-state index contributed by atoms with van der Waals surface area (Å²) >= 11 is 0. The standard InChI is InChI=1S/C41H60O7/c1-24(2)31-22-34(42)27(5)12-10-11-25(3)20-35(43)33-21-29(7)30-17-18-40(8,46)38-16-14-28(6)37(48-38)15-13-26(4)19-32(30)41(33,23-36(31)44)39(45)47-9/h14,17,19,21,24-25,27,31-33,37-38,46H,10-13,15-16,18,20,22-23H2,1-9H3/t25-,27+,31-,32-,33+,37-,38+,40-,41-/m0/s1. The molecule has 1 N–H and O–H groups in total. The van der Waals surface area contributed by atoms with E-state index < -0.39 is 40.8 Å². The van der Waals surface area contributed by atoms with Crippen molar-refractivity contribution in [3.63, 3.8) is 0 Å². The van der Waals surface area contributed by atoms with Gasteiger partial charge in [-0.05, 0) is 82.8 Å². The number of hydrogen-bond donors (Lipinski definition) is 1. The number of hydrogen-bond acceptors (Lipinski definition) is 7. The molecule has 266 valence electrons. The number of rotatable bonds is 2. The lowest BCUT2D eigenvalue weighted by molar-refractivity contribution is -0.164. The molecule has 1 fully saturated rings. The molecule has 7 nitrogen and oxygen atoms in total. The van der Waals surface area contributed by atoms with Crippen molar-refractivity contribution in [2.45, 2.75) is 137 Å². The summed E-state index contributed by atoms with van der Waals surface area (Å²) in [7, 11) is 1.33. The van der Waals surface area contributed by atoms with Crippen LogP contribution in [0, 0.1) is 40.9 Å². The fourth-order valence-electron chi connectivity index (χ4n) is 8.57. The highest BCUT2D eigenvalue weighted by Gasteiger charge is 2.58. The Morgan fingerprint density at radius 3 is 2.33 bits per heavy atom. The molecule has 7 heteroatoms. The van der Waals surface area contributed by atoms with E-state index in [1.54, 1.807) is 6.92 Å². The predicted molar refractivity (Wildman–Crippen MR) is 188 cm³/mol. The van der Waals surface area contributed by atoms with Crippen LogP contribution in [-0.2, 0) is 28.7 Å². The number of Topliss-reactive ketones (excluding diaryl/α,β-unsaturated/α-hetero) is 3. The number of fused-ring (bicyclic) bond motifs is 5. The Hall–Kier alpha value is -2.64. The van der Waals surface area contributed by atoms with E-state index in [9.17, 15) is 24.3 Å². The molecule has 4 aliphatic rings. The molecule has 9 atom stereocenters. The summed E-state index contributed by atoms with van der Waals surface area (Å²) in [6, 6.07) is 0. The third-order valence-corrected chi connectivity index (χ3v) is 11.9. The molecule has 0 amide bonds. The molecule has 2 bridgehead atoms. The van der Waals surface area contributed by atoms with E-state index in [2.05, 4.69) is 26.0 Å². The number of ketones is 3. The van der Waals surface area contributed by atoms with Gasteiger partial charge in [-0.2, -0.15) is 0 Å².